The van der Waals surface area contributed by atoms with Crippen molar-refractivity contribution in [1.82, 2.24) is 0 Å². The quantitative estimate of drug-likeness (QED) is 0.321. The summed E-state index contributed by atoms with van der Waals surface area (Å²) in [6.07, 6.45) is 10.2. The molecule has 31 heavy (non-hydrogen) atoms. The van der Waals surface area contributed by atoms with Crippen LogP contribution in [0.2, 0.25) is 0 Å². The molecule has 1 nitrogen and oxygen atoms in total. The van der Waals surface area contributed by atoms with Gasteiger partial charge in [-0.1, -0.05) is 67.4 Å². The highest BCUT2D eigenvalue weighted by Gasteiger charge is 2.27. The standard InChI is InChI=1S/C29H31FO/c1-4-29(5-2,26-15-17-27(18-16-26)31-6-3)20-10-13-24-14-19-28(30)25(22-24)21-23-11-8-7-9-12-23/h1,7-9,11-12,14-19,22H,5-6,10,13,20-21H2,2-3H3. The second-order valence-electron chi connectivity index (χ2n) is 7.98. The summed E-state index contributed by atoms with van der Waals surface area (Å²) in [6, 6.07) is 23.7. The van der Waals surface area contributed by atoms with E-state index in [2.05, 4.69) is 25.0 Å². The Morgan fingerprint density at radius 3 is 2.32 bits per heavy atom. The molecule has 0 N–H and O–H groups in total. The predicted octanol–water partition coefficient (Wildman–Crippen LogP) is 7.12. The molecule has 0 heterocycles. The van der Waals surface area contributed by atoms with Gasteiger partial charge in [0.2, 0.25) is 0 Å². The molecule has 0 spiro atoms. The lowest BCUT2D eigenvalue weighted by molar-refractivity contribution is 0.340. The fraction of sp³-hybridized carbons (Fsp3) is 0.310. The number of rotatable bonds is 10. The molecule has 1 unspecified atom stereocenters. The normalized spacial score (nSPS) is 12.7. The van der Waals surface area contributed by atoms with Crippen molar-refractivity contribution in [1.29, 1.82) is 0 Å². The Balaban J connectivity index is 1.68. The Morgan fingerprint density at radius 2 is 1.68 bits per heavy atom. The van der Waals surface area contributed by atoms with Gasteiger partial charge in [-0.15, -0.1) is 6.42 Å². The van der Waals surface area contributed by atoms with Crippen LogP contribution >= 0.6 is 0 Å². The highest BCUT2D eigenvalue weighted by Crippen LogP contribution is 2.34. The van der Waals surface area contributed by atoms with Crippen molar-refractivity contribution in [3.63, 3.8) is 0 Å². The van der Waals surface area contributed by atoms with Crippen LogP contribution < -0.4 is 4.74 Å². The lowest BCUT2D eigenvalue weighted by Crippen LogP contribution is -2.23. The monoisotopic (exact) mass is 414 g/mol. The molecule has 0 radical (unpaired) electrons. The number of hydrogen-bond acceptors (Lipinski definition) is 1. The number of terminal acetylenes is 1. The SMILES string of the molecule is C#CC(CC)(CCCc1ccc(F)c(Cc2ccccc2)c1)c1ccc(OCC)cc1. The summed E-state index contributed by atoms with van der Waals surface area (Å²) in [5.74, 6) is 3.79. The molecule has 0 amide bonds. The van der Waals surface area contributed by atoms with Crippen molar-refractivity contribution in [2.45, 2.75) is 51.4 Å². The zero-order valence-electron chi connectivity index (χ0n) is 18.5. The van der Waals surface area contributed by atoms with Gasteiger partial charge in [0.25, 0.3) is 0 Å². The summed E-state index contributed by atoms with van der Waals surface area (Å²) >= 11 is 0. The van der Waals surface area contributed by atoms with Crippen LogP contribution in [-0.2, 0) is 18.3 Å². The van der Waals surface area contributed by atoms with E-state index in [1.165, 1.54) is 0 Å². The Bertz CT molecular complexity index is 1000. The molecule has 0 fully saturated rings. The third-order valence-corrected chi connectivity index (χ3v) is 6.01. The average Bonchev–Trinajstić information content (AvgIpc) is 2.81. The number of aryl methyl sites for hydroxylation is 1. The van der Waals surface area contributed by atoms with Gasteiger partial charge in [0.1, 0.15) is 11.6 Å². The van der Waals surface area contributed by atoms with E-state index in [1.54, 1.807) is 6.07 Å². The first-order chi connectivity index (χ1) is 15.1. The van der Waals surface area contributed by atoms with Gasteiger partial charge in [0.15, 0.2) is 0 Å². The number of hydrogen-bond donors (Lipinski definition) is 0. The lowest BCUT2D eigenvalue weighted by atomic mass is 9.75. The van der Waals surface area contributed by atoms with E-state index in [1.807, 2.05) is 61.5 Å². The van der Waals surface area contributed by atoms with Crippen molar-refractivity contribution in [2.75, 3.05) is 6.61 Å². The third kappa shape index (κ3) is 5.76. The third-order valence-electron chi connectivity index (χ3n) is 6.01. The minimum absolute atomic E-state index is 0.145. The molecule has 1 atom stereocenters. The van der Waals surface area contributed by atoms with Crippen LogP contribution in [0.3, 0.4) is 0 Å². The highest BCUT2D eigenvalue weighted by atomic mass is 19.1. The molecule has 3 aromatic carbocycles. The van der Waals surface area contributed by atoms with E-state index in [-0.39, 0.29) is 11.2 Å². The molecule has 0 saturated carbocycles. The largest absolute Gasteiger partial charge is 0.494 e. The van der Waals surface area contributed by atoms with Crippen LogP contribution in [0.4, 0.5) is 4.39 Å². The summed E-state index contributed by atoms with van der Waals surface area (Å²) in [5, 5.41) is 0. The second kappa shape index (κ2) is 10.8. The topological polar surface area (TPSA) is 9.23 Å². The van der Waals surface area contributed by atoms with Gasteiger partial charge in [0.05, 0.1) is 12.0 Å². The summed E-state index contributed by atoms with van der Waals surface area (Å²) in [7, 11) is 0. The molecule has 0 saturated heterocycles. The van der Waals surface area contributed by atoms with E-state index in [0.717, 1.165) is 53.7 Å². The molecule has 0 aliphatic rings. The smallest absolute Gasteiger partial charge is 0.126 e. The number of benzene rings is 3. The maximum absolute atomic E-state index is 14.3. The maximum Gasteiger partial charge on any atom is 0.126 e. The summed E-state index contributed by atoms with van der Waals surface area (Å²) in [6.45, 7) is 4.77. The van der Waals surface area contributed by atoms with Crippen LogP contribution in [0.5, 0.6) is 5.75 Å². The number of halogens is 1. The molecular formula is C29H31FO. The van der Waals surface area contributed by atoms with Crippen molar-refractivity contribution in [2.24, 2.45) is 0 Å². The van der Waals surface area contributed by atoms with E-state index in [0.29, 0.717) is 13.0 Å². The van der Waals surface area contributed by atoms with Gasteiger partial charge in [-0.3, -0.25) is 0 Å². The van der Waals surface area contributed by atoms with Gasteiger partial charge < -0.3 is 4.74 Å². The first-order valence-corrected chi connectivity index (χ1v) is 11.1. The van der Waals surface area contributed by atoms with E-state index in [4.69, 9.17) is 11.2 Å². The fourth-order valence-electron chi connectivity index (χ4n) is 4.15. The van der Waals surface area contributed by atoms with Gasteiger partial charge in [-0.05, 0) is 73.1 Å². The Morgan fingerprint density at radius 1 is 0.935 bits per heavy atom. The molecule has 3 rings (SSSR count). The lowest BCUT2D eigenvalue weighted by Gasteiger charge is -2.28. The van der Waals surface area contributed by atoms with E-state index < -0.39 is 0 Å². The van der Waals surface area contributed by atoms with Crippen LogP contribution in [-0.4, -0.2) is 6.61 Å². The minimum Gasteiger partial charge on any atom is -0.494 e. The second-order valence-corrected chi connectivity index (χ2v) is 7.98. The van der Waals surface area contributed by atoms with Crippen LogP contribution in [0, 0.1) is 18.2 Å². The molecule has 3 aromatic rings. The zero-order valence-corrected chi connectivity index (χ0v) is 18.5. The first kappa shape index (κ1) is 22.6. The van der Waals surface area contributed by atoms with Crippen LogP contribution in [0.1, 0.15) is 55.4 Å². The molecule has 0 aliphatic heterocycles. The molecular weight excluding hydrogens is 383 g/mol. The minimum atomic E-state index is -0.294. The summed E-state index contributed by atoms with van der Waals surface area (Å²) in [5.41, 5.74) is 3.88. The predicted molar refractivity (Wildman–Crippen MR) is 127 cm³/mol. The molecule has 0 aliphatic carbocycles. The first-order valence-electron chi connectivity index (χ1n) is 11.1. The van der Waals surface area contributed by atoms with Crippen molar-refractivity contribution in [3.8, 4) is 18.1 Å². The molecule has 0 aromatic heterocycles. The van der Waals surface area contributed by atoms with Gasteiger partial charge in [0, 0.05) is 6.42 Å². The number of ether oxygens (including phenoxy) is 1. The van der Waals surface area contributed by atoms with Crippen LogP contribution in [0.15, 0.2) is 72.8 Å². The van der Waals surface area contributed by atoms with E-state index >= 15 is 0 Å². The maximum atomic E-state index is 14.3. The van der Waals surface area contributed by atoms with Gasteiger partial charge >= 0.3 is 0 Å². The summed E-state index contributed by atoms with van der Waals surface area (Å²) in [4.78, 5) is 0. The van der Waals surface area contributed by atoms with Gasteiger partial charge in [-0.2, -0.15) is 0 Å². The summed E-state index contributed by atoms with van der Waals surface area (Å²) < 4.78 is 19.9. The van der Waals surface area contributed by atoms with Crippen LogP contribution in [0.25, 0.3) is 0 Å². The highest BCUT2D eigenvalue weighted by molar-refractivity contribution is 5.38. The fourth-order valence-corrected chi connectivity index (χ4v) is 4.15. The van der Waals surface area contributed by atoms with E-state index in [9.17, 15) is 4.39 Å². The van der Waals surface area contributed by atoms with Crippen molar-refractivity contribution < 1.29 is 9.13 Å². The average molecular weight is 415 g/mol. The van der Waals surface area contributed by atoms with Gasteiger partial charge in [-0.25, -0.2) is 4.39 Å². The Kier molecular flexibility index (Phi) is 7.90. The molecule has 2 heteroatoms. The van der Waals surface area contributed by atoms with Crippen molar-refractivity contribution >= 4 is 0 Å². The Hall–Kier alpha value is -3.05. The zero-order chi connectivity index (χ0) is 22.1. The molecule has 0 bridgehead atoms. The van der Waals surface area contributed by atoms with Crippen molar-refractivity contribution in [3.05, 3.63) is 101 Å². The molecule has 160 valence electrons. The Labute approximate surface area is 186 Å².